The molecule has 0 bridgehead atoms. The molecule has 0 aromatic heterocycles. The van der Waals surface area contributed by atoms with Crippen molar-refractivity contribution in [2.45, 2.75) is 33.2 Å². The SMILES string of the molecule is CC1CC1NCC(C)(C)C(=O)O. The second kappa shape index (κ2) is 3.05. The third kappa shape index (κ3) is 2.21. The van der Waals surface area contributed by atoms with Crippen LogP contribution in [0, 0.1) is 11.3 Å². The Bertz CT molecular complexity index is 189. The molecule has 0 radical (unpaired) electrons. The summed E-state index contributed by atoms with van der Waals surface area (Å²) in [5, 5.41) is 12.0. The molecule has 1 saturated carbocycles. The lowest BCUT2D eigenvalue weighted by Crippen LogP contribution is -2.37. The number of hydrogen-bond donors (Lipinski definition) is 2. The first-order valence-electron chi connectivity index (χ1n) is 4.40. The van der Waals surface area contributed by atoms with Crippen LogP contribution in [0.25, 0.3) is 0 Å². The zero-order valence-electron chi connectivity index (χ0n) is 7.92. The molecule has 0 spiro atoms. The van der Waals surface area contributed by atoms with Gasteiger partial charge in [0.15, 0.2) is 0 Å². The van der Waals surface area contributed by atoms with E-state index in [1.807, 2.05) is 0 Å². The summed E-state index contributed by atoms with van der Waals surface area (Å²) in [6.07, 6.45) is 1.19. The van der Waals surface area contributed by atoms with E-state index in [0.29, 0.717) is 12.6 Å². The van der Waals surface area contributed by atoms with Gasteiger partial charge in [-0.3, -0.25) is 4.79 Å². The van der Waals surface area contributed by atoms with Crippen molar-refractivity contribution in [3.8, 4) is 0 Å². The predicted molar refractivity (Wildman–Crippen MR) is 47.0 cm³/mol. The van der Waals surface area contributed by atoms with Crippen molar-refractivity contribution in [2.24, 2.45) is 11.3 Å². The van der Waals surface area contributed by atoms with Crippen LogP contribution in [0.2, 0.25) is 0 Å². The minimum Gasteiger partial charge on any atom is -0.481 e. The van der Waals surface area contributed by atoms with Gasteiger partial charge >= 0.3 is 5.97 Å². The lowest BCUT2D eigenvalue weighted by atomic mass is 9.94. The quantitative estimate of drug-likeness (QED) is 0.665. The molecule has 12 heavy (non-hydrogen) atoms. The van der Waals surface area contributed by atoms with Gasteiger partial charge in [0.2, 0.25) is 0 Å². The molecule has 0 amide bonds. The Hall–Kier alpha value is -0.570. The standard InChI is InChI=1S/C9H17NO2/c1-6-4-7(6)10-5-9(2,3)8(11)12/h6-7,10H,4-5H2,1-3H3,(H,11,12). The van der Waals surface area contributed by atoms with Gasteiger partial charge in [-0.05, 0) is 26.2 Å². The van der Waals surface area contributed by atoms with Crippen molar-refractivity contribution in [1.29, 1.82) is 0 Å². The number of carboxylic acids is 1. The second-order valence-electron chi connectivity index (χ2n) is 4.39. The Morgan fingerprint density at radius 1 is 1.67 bits per heavy atom. The average molecular weight is 171 g/mol. The monoisotopic (exact) mass is 171 g/mol. The van der Waals surface area contributed by atoms with Crippen molar-refractivity contribution in [3.05, 3.63) is 0 Å². The van der Waals surface area contributed by atoms with Gasteiger partial charge in [-0.1, -0.05) is 6.92 Å². The summed E-state index contributed by atoms with van der Waals surface area (Å²) in [7, 11) is 0. The van der Waals surface area contributed by atoms with Crippen LogP contribution in [0.5, 0.6) is 0 Å². The zero-order valence-corrected chi connectivity index (χ0v) is 7.92. The largest absolute Gasteiger partial charge is 0.481 e. The molecule has 1 fully saturated rings. The summed E-state index contributed by atoms with van der Waals surface area (Å²) in [5.41, 5.74) is -0.637. The van der Waals surface area contributed by atoms with Gasteiger partial charge in [-0.2, -0.15) is 0 Å². The average Bonchev–Trinajstić information content (AvgIpc) is 2.62. The third-order valence-corrected chi connectivity index (χ3v) is 2.49. The molecule has 2 N–H and O–H groups in total. The molecule has 0 aliphatic heterocycles. The van der Waals surface area contributed by atoms with Gasteiger partial charge in [-0.25, -0.2) is 0 Å². The van der Waals surface area contributed by atoms with Crippen LogP contribution in [0.3, 0.4) is 0 Å². The van der Waals surface area contributed by atoms with Gasteiger partial charge in [-0.15, -0.1) is 0 Å². The van der Waals surface area contributed by atoms with E-state index in [4.69, 9.17) is 5.11 Å². The maximum Gasteiger partial charge on any atom is 0.310 e. The fourth-order valence-corrected chi connectivity index (χ4v) is 1.07. The molecular formula is C9H17NO2. The molecule has 1 rings (SSSR count). The molecule has 0 aromatic rings. The summed E-state index contributed by atoms with van der Waals surface area (Å²) in [4.78, 5) is 10.7. The first-order chi connectivity index (χ1) is 5.43. The van der Waals surface area contributed by atoms with Crippen molar-refractivity contribution in [2.75, 3.05) is 6.54 Å². The van der Waals surface area contributed by atoms with E-state index in [-0.39, 0.29) is 0 Å². The Morgan fingerprint density at radius 3 is 2.50 bits per heavy atom. The van der Waals surface area contributed by atoms with Gasteiger partial charge in [0, 0.05) is 12.6 Å². The summed E-state index contributed by atoms with van der Waals surface area (Å²) < 4.78 is 0. The van der Waals surface area contributed by atoms with Crippen LogP contribution in [0.15, 0.2) is 0 Å². The Morgan fingerprint density at radius 2 is 2.17 bits per heavy atom. The van der Waals surface area contributed by atoms with E-state index in [1.165, 1.54) is 6.42 Å². The highest BCUT2D eigenvalue weighted by Gasteiger charge is 2.35. The Labute approximate surface area is 73.2 Å². The summed E-state index contributed by atoms with van der Waals surface area (Å²) in [6.45, 7) is 6.23. The first-order valence-corrected chi connectivity index (χ1v) is 4.40. The van der Waals surface area contributed by atoms with Crippen LogP contribution < -0.4 is 5.32 Å². The molecule has 3 nitrogen and oxygen atoms in total. The van der Waals surface area contributed by atoms with Crippen LogP contribution in [-0.4, -0.2) is 23.7 Å². The first kappa shape index (κ1) is 9.52. The van der Waals surface area contributed by atoms with Crippen LogP contribution >= 0.6 is 0 Å². The van der Waals surface area contributed by atoms with E-state index in [9.17, 15) is 4.79 Å². The van der Waals surface area contributed by atoms with E-state index < -0.39 is 11.4 Å². The molecule has 70 valence electrons. The Balaban J connectivity index is 2.25. The Kier molecular flexibility index (Phi) is 2.42. The fraction of sp³-hybridized carbons (Fsp3) is 0.889. The molecule has 2 unspecified atom stereocenters. The minimum atomic E-state index is -0.733. The van der Waals surface area contributed by atoms with Crippen LogP contribution in [-0.2, 0) is 4.79 Å². The maximum atomic E-state index is 10.7. The summed E-state index contributed by atoms with van der Waals surface area (Å²) in [6, 6.07) is 0.559. The van der Waals surface area contributed by atoms with Gasteiger partial charge in [0.05, 0.1) is 5.41 Å². The number of rotatable bonds is 4. The lowest BCUT2D eigenvalue weighted by Gasteiger charge is -2.19. The maximum absolute atomic E-state index is 10.7. The molecule has 0 heterocycles. The van der Waals surface area contributed by atoms with E-state index in [1.54, 1.807) is 13.8 Å². The molecule has 1 aliphatic carbocycles. The molecule has 2 atom stereocenters. The zero-order chi connectivity index (χ0) is 9.35. The van der Waals surface area contributed by atoms with Gasteiger partial charge < -0.3 is 10.4 Å². The number of nitrogens with one attached hydrogen (secondary N) is 1. The molecule has 3 heteroatoms. The molecular weight excluding hydrogens is 154 g/mol. The van der Waals surface area contributed by atoms with Gasteiger partial charge in [0.1, 0.15) is 0 Å². The van der Waals surface area contributed by atoms with Crippen LogP contribution in [0.1, 0.15) is 27.2 Å². The molecule has 1 aliphatic rings. The lowest BCUT2D eigenvalue weighted by molar-refractivity contribution is -0.146. The number of aliphatic carboxylic acids is 1. The second-order valence-corrected chi connectivity index (χ2v) is 4.39. The van der Waals surface area contributed by atoms with Crippen molar-refractivity contribution < 1.29 is 9.90 Å². The van der Waals surface area contributed by atoms with Crippen molar-refractivity contribution in [3.63, 3.8) is 0 Å². The highest BCUT2D eigenvalue weighted by molar-refractivity contribution is 5.73. The van der Waals surface area contributed by atoms with Crippen molar-refractivity contribution >= 4 is 5.97 Å². The fourth-order valence-electron chi connectivity index (χ4n) is 1.07. The van der Waals surface area contributed by atoms with Crippen LogP contribution in [0.4, 0.5) is 0 Å². The number of hydrogen-bond acceptors (Lipinski definition) is 2. The highest BCUT2D eigenvalue weighted by Crippen LogP contribution is 2.29. The predicted octanol–water partition coefficient (Wildman–Crippen LogP) is 1.10. The van der Waals surface area contributed by atoms with Gasteiger partial charge in [0.25, 0.3) is 0 Å². The third-order valence-electron chi connectivity index (χ3n) is 2.49. The topological polar surface area (TPSA) is 49.3 Å². The highest BCUT2D eigenvalue weighted by atomic mass is 16.4. The molecule has 0 saturated heterocycles. The van der Waals surface area contributed by atoms with Crippen molar-refractivity contribution in [1.82, 2.24) is 5.32 Å². The summed E-state index contributed by atoms with van der Waals surface area (Å²) in [5.74, 6) is -0.00195. The minimum absolute atomic E-state index is 0.559. The normalized spacial score (nSPS) is 28.6. The van der Waals surface area contributed by atoms with E-state index >= 15 is 0 Å². The number of carboxylic acid groups (broad SMARTS) is 1. The van der Waals surface area contributed by atoms with E-state index in [0.717, 1.165) is 5.92 Å². The van der Waals surface area contributed by atoms with E-state index in [2.05, 4.69) is 12.2 Å². The molecule has 0 aromatic carbocycles. The smallest absolute Gasteiger partial charge is 0.310 e. The number of carbonyl (C=O) groups is 1. The summed E-state index contributed by atoms with van der Waals surface area (Å²) >= 11 is 0.